The van der Waals surface area contributed by atoms with E-state index in [1.54, 1.807) is 0 Å². The fraction of sp³-hybridized carbons (Fsp3) is 0.737. The van der Waals surface area contributed by atoms with E-state index in [9.17, 15) is 0 Å². The van der Waals surface area contributed by atoms with Crippen molar-refractivity contribution in [1.29, 1.82) is 0 Å². The molecule has 3 heterocycles. The molecule has 4 rings (SSSR count). The van der Waals surface area contributed by atoms with E-state index >= 15 is 0 Å². The summed E-state index contributed by atoms with van der Waals surface area (Å²) in [5, 5.41) is 3.78. The highest BCUT2D eigenvalue weighted by molar-refractivity contribution is 9.11. The molecule has 144 valence electrons. The minimum atomic E-state index is 0.186. The first-order valence-corrected chi connectivity index (χ1v) is 11.2. The number of nitrogens with one attached hydrogen (secondary N) is 1. The van der Waals surface area contributed by atoms with Gasteiger partial charge < -0.3 is 15.0 Å². The van der Waals surface area contributed by atoms with Crippen LogP contribution in [0.3, 0.4) is 0 Å². The Morgan fingerprint density at radius 2 is 2.12 bits per heavy atom. The lowest BCUT2D eigenvalue weighted by Crippen LogP contribution is -2.68. The molecule has 1 aliphatic carbocycles. The molecule has 7 heteroatoms. The molecule has 3 fully saturated rings. The van der Waals surface area contributed by atoms with Gasteiger partial charge in [-0.25, -0.2) is 0 Å². The normalized spacial score (nSPS) is 31.6. The van der Waals surface area contributed by atoms with Gasteiger partial charge in [0.15, 0.2) is 5.96 Å². The molecular weight excluding hydrogens is 412 g/mol. The Labute approximate surface area is 168 Å². The molecule has 1 saturated carbocycles. The number of fused-ring (bicyclic) bond motifs is 1. The van der Waals surface area contributed by atoms with Crippen molar-refractivity contribution < 1.29 is 4.74 Å². The van der Waals surface area contributed by atoms with E-state index in [1.807, 2.05) is 18.4 Å². The molecule has 1 aromatic heterocycles. The fourth-order valence-electron chi connectivity index (χ4n) is 4.83. The molecule has 0 spiro atoms. The lowest BCUT2D eigenvalue weighted by Gasteiger charge is -2.55. The van der Waals surface area contributed by atoms with Gasteiger partial charge in [0.05, 0.1) is 9.89 Å². The van der Waals surface area contributed by atoms with Gasteiger partial charge in [-0.3, -0.25) is 9.89 Å². The number of piperazine rings is 1. The van der Waals surface area contributed by atoms with Gasteiger partial charge in [-0.2, -0.15) is 0 Å². The monoisotopic (exact) mass is 440 g/mol. The van der Waals surface area contributed by atoms with E-state index in [2.05, 4.69) is 62.0 Å². The third kappa shape index (κ3) is 3.43. The van der Waals surface area contributed by atoms with Gasteiger partial charge in [0.2, 0.25) is 0 Å². The summed E-state index contributed by atoms with van der Waals surface area (Å²) in [6.07, 6.45) is 1.59. The summed E-state index contributed by atoms with van der Waals surface area (Å²) in [5.74, 6) is 1.70. The Hall–Kier alpha value is -0.630. The first-order valence-electron chi connectivity index (χ1n) is 9.55. The number of ether oxygens (including phenoxy) is 1. The first kappa shape index (κ1) is 18.7. The smallest absolute Gasteiger partial charge is 0.193 e. The van der Waals surface area contributed by atoms with Crippen LogP contribution in [0.4, 0.5) is 0 Å². The van der Waals surface area contributed by atoms with Crippen LogP contribution in [0.25, 0.3) is 0 Å². The molecule has 0 radical (unpaired) electrons. The number of halogens is 1. The van der Waals surface area contributed by atoms with Crippen LogP contribution in [0.5, 0.6) is 0 Å². The number of guanidine groups is 1. The number of aliphatic imine (C=N–C) groups is 1. The van der Waals surface area contributed by atoms with Crippen molar-refractivity contribution in [2.75, 3.05) is 39.8 Å². The summed E-state index contributed by atoms with van der Waals surface area (Å²) >= 11 is 5.39. The van der Waals surface area contributed by atoms with E-state index in [0.717, 1.165) is 45.3 Å². The second-order valence-corrected chi connectivity index (χ2v) is 10.8. The summed E-state index contributed by atoms with van der Waals surface area (Å²) in [6, 6.07) is 4.83. The molecule has 1 aromatic rings. The molecule has 1 N–H and O–H groups in total. The topological polar surface area (TPSA) is 40.1 Å². The van der Waals surface area contributed by atoms with E-state index in [4.69, 9.17) is 4.74 Å². The zero-order valence-corrected chi connectivity index (χ0v) is 18.3. The summed E-state index contributed by atoms with van der Waals surface area (Å²) in [4.78, 5) is 11.0. The number of rotatable bonds is 3. The van der Waals surface area contributed by atoms with Gasteiger partial charge in [-0.1, -0.05) is 13.8 Å². The third-order valence-electron chi connectivity index (χ3n) is 6.28. The average Bonchev–Trinajstić information content (AvgIpc) is 3.24. The van der Waals surface area contributed by atoms with Gasteiger partial charge in [0.1, 0.15) is 0 Å². The van der Waals surface area contributed by atoms with Crippen LogP contribution in [0.15, 0.2) is 20.9 Å². The van der Waals surface area contributed by atoms with E-state index in [1.165, 1.54) is 15.1 Å². The van der Waals surface area contributed by atoms with Crippen molar-refractivity contribution in [2.24, 2.45) is 16.3 Å². The van der Waals surface area contributed by atoms with Crippen LogP contribution in [0.2, 0.25) is 0 Å². The van der Waals surface area contributed by atoms with E-state index in [0.29, 0.717) is 18.1 Å². The minimum Gasteiger partial charge on any atom is -0.377 e. The van der Waals surface area contributed by atoms with Gasteiger partial charge in [-0.05, 0) is 34.5 Å². The second-order valence-electron chi connectivity index (χ2n) is 8.20. The van der Waals surface area contributed by atoms with Crippen molar-refractivity contribution in [3.05, 3.63) is 20.8 Å². The minimum absolute atomic E-state index is 0.186. The molecule has 3 atom stereocenters. The second kappa shape index (κ2) is 7.41. The van der Waals surface area contributed by atoms with Crippen molar-refractivity contribution in [3.8, 4) is 0 Å². The van der Waals surface area contributed by atoms with Gasteiger partial charge in [-0.15, -0.1) is 11.3 Å². The Bertz CT molecular complexity index is 668. The predicted octanol–water partition coefficient (Wildman–Crippen LogP) is 3.02. The quantitative estimate of drug-likeness (QED) is 0.579. The van der Waals surface area contributed by atoms with Crippen molar-refractivity contribution >= 4 is 33.2 Å². The number of hydrogen-bond acceptors (Lipinski definition) is 4. The van der Waals surface area contributed by atoms with Crippen molar-refractivity contribution in [1.82, 2.24) is 15.1 Å². The van der Waals surface area contributed by atoms with Crippen molar-refractivity contribution in [2.45, 2.75) is 39.0 Å². The van der Waals surface area contributed by atoms with Crippen LogP contribution in [0, 0.1) is 11.3 Å². The Balaban J connectivity index is 1.31. The highest BCUT2D eigenvalue weighted by Gasteiger charge is 2.59. The predicted molar refractivity (Wildman–Crippen MR) is 111 cm³/mol. The molecule has 2 saturated heterocycles. The van der Waals surface area contributed by atoms with E-state index in [-0.39, 0.29) is 5.41 Å². The van der Waals surface area contributed by atoms with Gasteiger partial charge in [0, 0.05) is 68.6 Å². The fourth-order valence-corrected chi connectivity index (χ4v) is 6.35. The molecule has 3 unspecified atom stereocenters. The number of nitrogens with zero attached hydrogens (tertiary/aromatic N) is 3. The Kier molecular flexibility index (Phi) is 5.34. The largest absolute Gasteiger partial charge is 0.377 e. The highest BCUT2D eigenvalue weighted by Crippen LogP contribution is 2.52. The average molecular weight is 441 g/mol. The van der Waals surface area contributed by atoms with Gasteiger partial charge >= 0.3 is 0 Å². The zero-order valence-electron chi connectivity index (χ0n) is 15.9. The molecule has 0 amide bonds. The maximum atomic E-state index is 5.93. The molecule has 26 heavy (non-hydrogen) atoms. The molecule has 0 bridgehead atoms. The third-order valence-corrected chi connectivity index (χ3v) is 7.89. The van der Waals surface area contributed by atoms with Crippen LogP contribution >= 0.6 is 27.3 Å². The van der Waals surface area contributed by atoms with Crippen LogP contribution in [-0.4, -0.2) is 67.7 Å². The first-order chi connectivity index (χ1) is 12.5. The highest BCUT2D eigenvalue weighted by atomic mass is 79.9. The summed E-state index contributed by atoms with van der Waals surface area (Å²) in [7, 11) is 1.91. The lowest BCUT2D eigenvalue weighted by molar-refractivity contribution is -0.107. The van der Waals surface area contributed by atoms with Crippen LogP contribution in [-0.2, 0) is 11.3 Å². The Morgan fingerprint density at radius 1 is 1.35 bits per heavy atom. The summed E-state index contributed by atoms with van der Waals surface area (Å²) < 4.78 is 7.14. The molecular formula is C19H29BrN4OS. The maximum absolute atomic E-state index is 5.93. The summed E-state index contributed by atoms with van der Waals surface area (Å²) in [5.41, 5.74) is 0.186. The molecule has 0 aromatic carbocycles. The van der Waals surface area contributed by atoms with E-state index < -0.39 is 0 Å². The lowest BCUT2D eigenvalue weighted by atomic mass is 9.57. The zero-order chi connectivity index (χ0) is 18.3. The standard InChI is InChI=1S/C19H29BrN4OS/c1-19(2)16(14-6-11-25-17(14)19)22-18(21-3)24-9-7-23(8-10-24)12-13-4-5-15(20)26-13/h4-5,14,16-17H,6-12H2,1-3H3,(H,21,22). The molecule has 3 aliphatic rings. The summed E-state index contributed by atoms with van der Waals surface area (Å²) in [6.45, 7) is 10.8. The van der Waals surface area contributed by atoms with Crippen molar-refractivity contribution in [3.63, 3.8) is 0 Å². The maximum Gasteiger partial charge on any atom is 0.193 e. The SMILES string of the molecule is CN=C(NC1C2CCOC2C1(C)C)N1CCN(Cc2ccc(Br)s2)CC1. The van der Waals surface area contributed by atoms with Crippen LogP contribution < -0.4 is 5.32 Å². The van der Waals surface area contributed by atoms with Gasteiger partial charge in [0.25, 0.3) is 0 Å². The molecule has 2 aliphatic heterocycles. The Morgan fingerprint density at radius 3 is 2.77 bits per heavy atom. The number of thiophene rings is 1. The van der Waals surface area contributed by atoms with Crippen LogP contribution in [0.1, 0.15) is 25.1 Å². The molecule has 5 nitrogen and oxygen atoms in total. The number of hydrogen-bond donors (Lipinski definition) is 1.